The summed E-state index contributed by atoms with van der Waals surface area (Å²) in [6.07, 6.45) is 4.46. The lowest BCUT2D eigenvalue weighted by atomic mass is 9.86. The first-order chi connectivity index (χ1) is 6.08. The maximum absolute atomic E-state index is 9.22. The highest BCUT2D eigenvalue weighted by molar-refractivity contribution is 4.96. The van der Waals surface area contributed by atoms with E-state index in [0.29, 0.717) is 5.92 Å². The van der Waals surface area contributed by atoms with Crippen molar-refractivity contribution >= 4 is 0 Å². The van der Waals surface area contributed by atoms with Crippen molar-refractivity contribution in [2.45, 2.75) is 31.2 Å². The van der Waals surface area contributed by atoms with Gasteiger partial charge < -0.3 is 15.7 Å². The number of hydrogen-bond donors (Lipinski definition) is 2. The molecule has 0 radical (unpaired) electrons. The number of hydrogen-bond acceptors (Lipinski definition) is 3. The van der Waals surface area contributed by atoms with Gasteiger partial charge in [0.2, 0.25) is 0 Å². The second kappa shape index (κ2) is 4.40. The maximum atomic E-state index is 9.22. The second-order valence-corrected chi connectivity index (χ2v) is 4.57. The molecule has 2 unspecified atom stereocenters. The average molecular weight is 186 g/mol. The Bertz CT molecular complexity index is 161. The van der Waals surface area contributed by atoms with Gasteiger partial charge in [-0.15, -0.1) is 0 Å². The summed E-state index contributed by atoms with van der Waals surface area (Å²) in [5.41, 5.74) is 5.84. The summed E-state index contributed by atoms with van der Waals surface area (Å²) >= 11 is 0. The third-order valence-corrected chi connectivity index (χ3v) is 3.23. The molecule has 0 bridgehead atoms. The molecule has 13 heavy (non-hydrogen) atoms. The quantitative estimate of drug-likeness (QED) is 0.669. The minimum Gasteiger partial charge on any atom is -0.394 e. The van der Waals surface area contributed by atoms with Gasteiger partial charge in [-0.05, 0) is 45.8 Å². The van der Waals surface area contributed by atoms with E-state index < -0.39 is 0 Å². The smallest absolute Gasteiger partial charge is 0.0613 e. The summed E-state index contributed by atoms with van der Waals surface area (Å²) in [7, 11) is 4.15. The van der Waals surface area contributed by atoms with E-state index in [0.717, 1.165) is 19.4 Å². The van der Waals surface area contributed by atoms with Crippen molar-refractivity contribution in [2.24, 2.45) is 11.7 Å². The van der Waals surface area contributed by atoms with Crippen LogP contribution in [-0.2, 0) is 0 Å². The molecule has 0 aliphatic heterocycles. The molecule has 0 aromatic heterocycles. The highest BCUT2D eigenvalue weighted by Crippen LogP contribution is 2.35. The van der Waals surface area contributed by atoms with Crippen LogP contribution in [0.5, 0.6) is 0 Å². The molecule has 1 aliphatic carbocycles. The van der Waals surface area contributed by atoms with E-state index in [9.17, 15) is 5.11 Å². The van der Waals surface area contributed by atoms with Crippen LogP contribution in [0, 0.1) is 5.92 Å². The Morgan fingerprint density at radius 2 is 2.23 bits per heavy atom. The lowest BCUT2D eigenvalue weighted by Crippen LogP contribution is -2.47. The number of nitrogens with zero attached hydrogens (tertiary/aromatic N) is 1. The summed E-state index contributed by atoms with van der Waals surface area (Å²) < 4.78 is 0. The van der Waals surface area contributed by atoms with Gasteiger partial charge in [-0.1, -0.05) is 6.42 Å². The van der Waals surface area contributed by atoms with Crippen molar-refractivity contribution in [3.63, 3.8) is 0 Å². The first-order valence-corrected chi connectivity index (χ1v) is 5.13. The van der Waals surface area contributed by atoms with Crippen LogP contribution in [-0.4, -0.2) is 42.8 Å². The molecule has 2 atom stereocenters. The average Bonchev–Trinajstić information content (AvgIpc) is 2.44. The monoisotopic (exact) mass is 186 g/mol. The van der Waals surface area contributed by atoms with Gasteiger partial charge in [-0.3, -0.25) is 0 Å². The van der Waals surface area contributed by atoms with Gasteiger partial charge in [0.1, 0.15) is 0 Å². The fourth-order valence-corrected chi connectivity index (χ4v) is 2.22. The van der Waals surface area contributed by atoms with E-state index in [4.69, 9.17) is 5.73 Å². The van der Waals surface area contributed by atoms with Crippen LogP contribution >= 0.6 is 0 Å². The molecule has 0 heterocycles. The maximum Gasteiger partial charge on any atom is 0.0613 e. The topological polar surface area (TPSA) is 49.5 Å². The highest BCUT2D eigenvalue weighted by atomic mass is 16.3. The molecule has 3 N–H and O–H groups in total. The SMILES string of the molecule is CN(C)CCC1CCCC1(N)CO. The lowest BCUT2D eigenvalue weighted by Gasteiger charge is -2.30. The van der Waals surface area contributed by atoms with Crippen LogP contribution in [0.3, 0.4) is 0 Å². The Kier molecular flexibility index (Phi) is 3.71. The van der Waals surface area contributed by atoms with E-state index in [-0.39, 0.29) is 12.1 Å². The lowest BCUT2D eigenvalue weighted by molar-refractivity contribution is 0.150. The number of aliphatic hydroxyl groups is 1. The standard InChI is InChI=1S/C10H22N2O/c1-12(2)7-5-9-4-3-6-10(9,11)8-13/h9,13H,3-8,11H2,1-2H3. The van der Waals surface area contributed by atoms with Crippen molar-refractivity contribution in [3.8, 4) is 0 Å². The number of aliphatic hydroxyl groups excluding tert-OH is 1. The Balaban J connectivity index is 2.40. The van der Waals surface area contributed by atoms with Crippen molar-refractivity contribution in [1.82, 2.24) is 4.90 Å². The molecule has 0 saturated heterocycles. The number of rotatable bonds is 4. The third kappa shape index (κ3) is 2.66. The fraction of sp³-hybridized carbons (Fsp3) is 1.00. The molecule has 3 nitrogen and oxygen atoms in total. The molecule has 1 rings (SSSR count). The predicted molar refractivity (Wildman–Crippen MR) is 54.5 cm³/mol. The van der Waals surface area contributed by atoms with E-state index in [1.807, 2.05) is 0 Å². The minimum absolute atomic E-state index is 0.144. The van der Waals surface area contributed by atoms with Crippen LogP contribution < -0.4 is 5.73 Å². The third-order valence-electron chi connectivity index (χ3n) is 3.23. The Morgan fingerprint density at radius 1 is 1.54 bits per heavy atom. The van der Waals surface area contributed by atoms with Crippen LogP contribution in [0.2, 0.25) is 0 Å². The van der Waals surface area contributed by atoms with Gasteiger partial charge in [0, 0.05) is 5.54 Å². The van der Waals surface area contributed by atoms with Gasteiger partial charge in [0.05, 0.1) is 6.61 Å². The van der Waals surface area contributed by atoms with Crippen LogP contribution in [0.1, 0.15) is 25.7 Å². The zero-order valence-corrected chi connectivity index (χ0v) is 8.79. The van der Waals surface area contributed by atoms with Crippen molar-refractivity contribution in [2.75, 3.05) is 27.2 Å². The summed E-state index contributed by atoms with van der Waals surface area (Å²) in [5.74, 6) is 0.514. The Morgan fingerprint density at radius 3 is 2.77 bits per heavy atom. The molecular weight excluding hydrogens is 164 g/mol. The Hall–Kier alpha value is -0.120. The minimum atomic E-state index is -0.282. The van der Waals surface area contributed by atoms with Crippen molar-refractivity contribution < 1.29 is 5.11 Å². The van der Waals surface area contributed by atoms with Gasteiger partial charge in [-0.2, -0.15) is 0 Å². The molecule has 0 aromatic rings. The molecule has 78 valence electrons. The van der Waals surface area contributed by atoms with Gasteiger partial charge >= 0.3 is 0 Å². The van der Waals surface area contributed by atoms with E-state index >= 15 is 0 Å². The van der Waals surface area contributed by atoms with E-state index in [2.05, 4.69) is 19.0 Å². The summed E-state index contributed by atoms with van der Waals surface area (Å²) in [6, 6.07) is 0. The van der Waals surface area contributed by atoms with Crippen molar-refractivity contribution in [1.29, 1.82) is 0 Å². The van der Waals surface area contributed by atoms with E-state index in [1.54, 1.807) is 0 Å². The van der Waals surface area contributed by atoms with Gasteiger partial charge in [0.25, 0.3) is 0 Å². The molecule has 0 aromatic carbocycles. The largest absolute Gasteiger partial charge is 0.394 e. The van der Waals surface area contributed by atoms with Crippen LogP contribution in [0.25, 0.3) is 0 Å². The molecule has 1 saturated carbocycles. The first-order valence-electron chi connectivity index (χ1n) is 5.13. The fourth-order valence-electron chi connectivity index (χ4n) is 2.22. The van der Waals surface area contributed by atoms with Crippen molar-refractivity contribution in [3.05, 3.63) is 0 Å². The second-order valence-electron chi connectivity index (χ2n) is 4.57. The number of nitrogens with two attached hydrogens (primary N) is 1. The molecular formula is C10H22N2O. The predicted octanol–water partition coefficient (Wildman–Crippen LogP) is 0.428. The molecule has 1 aliphatic rings. The van der Waals surface area contributed by atoms with Crippen LogP contribution in [0.4, 0.5) is 0 Å². The summed E-state index contributed by atoms with van der Waals surface area (Å²) in [6.45, 7) is 1.22. The Labute approximate surface area is 80.9 Å². The van der Waals surface area contributed by atoms with Crippen LogP contribution in [0.15, 0.2) is 0 Å². The molecule has 0 amide bonds. The zero-order chi connectivity index (χ0) is 9.90. The summed E-state index contributed by atoms with van der Waals surface area (Å²) in [5, 5.41) is 9.22. The van der Waals surface area contributed by atoms with E-state index in [1.165, 1.54) is 12.8 Å². The highest BCUT2D eigenvalue weighted by Gasteiger charge is 2.38. The van der Waals surface area contributed by atoms with Gasteiger partial charge in [0.15, 0.2) is 0 Å². The zero-order valence-electron chi connectivity index (χ0n) is 8.79. The normalized spacial score (nSPS) is 34.4. The molecule has 3 heteroatoms. The molecule has 0 spiro atoms. The molecule has 1 fully saturated rings. The summed E-state index contributed by atoms with van der Waals surface area (Å²) in [4.78, 5) is 2.18. The first kappa shape index (κ1) is 11.0. The van der Waals surface area contributed by atoms with Gasteiger partial charge in [-0.25, -0.2) is 0 Å².